The zero-order valence-corrected chi connectivity index (χ0v) is 70.2. The molecule has 3 aliphatic rings. The van der Waals surface area contributed by atoms with E-state index >= 15 is 0 Å². The Kier molecular flexibility index (Phi) is 34.4. The number of nitrogens with zero attached hydrogens (tertiary/aromatic N) is 7. The molecule has 11 amide bonds. The number of nitrogens with one attached hydrogen (secondary N) is 12. The minimum Gasteiger partial charge on any atom is -0.501 e. The first kappa shape index (κ1) is 92.2. The number of primary amides is 3. The minimum atomic E-state index is -1.28. The standard InChI is InChI=1S/C26H33BrN8O5.C26H32BrN7O5.C25H30BrN7O5/c1-26(2,23(28)39)24(40)30-12-5-11-29-22-18(27)15-31-25(34-22)33-17-7-3-6-16(14-17)32-19(36)9-10-21(38)35-13-4-8-20(35)37;1-26(2,23(28)37)24(38)30-9-5-8-29-21-20(27)14-31-25(34-21)33-17-7-4-6-16(12-17)32-22(36)15-10-18(35)13-19(11-15)39-3;1-25(2,22(27)37)23(38)29-8-4-7-28-20-19(26)13-30-24(33-20)32-16-6-3-5-15(11-16)31-21(36)14-9-17(34)12-18(35)10-14/h3,6-7,14-15H,4-5,8-13H2,1-2H3,(H2,28,39)(H,30,40)(H,32,36)(H2,29,31,33,34);4,6-7,12-15H,5,8-11H2,1-3H3,(H2,28,37)(H,30,38)(H,32,36)(H2,29,31,33,34);3,5-6,11,13-14H,4,7-10,12H2,1-2H3,(H2,27,37)(H,29,38)(H,31,36)(H2,28,30,32,33). The molecule has 0 radical (unpaired) electrons. The molecule has 1 unspecified atom stereocenters. The molecule has 624 valence electrons. The van der Waals surface area contributed by atoms with Crippen molar-refractivity contribution in [2.24, 2.45) is 45.3 Å². The van der Waals surface area contributed by atoms with Crippen molar-refractivity contribution < 1.29 is 71.9 Å². The Morgan fingerprint density at radius 3 is 1.20 bits per heavy atom. The van der Waals surface area contributed by atoms with Gasteiger partial charge in [0, 0.05) is 150 Å². The molecule has 1 saturated carbocycles. The number of hydrogen-bond donors (Lipinski definition) is 15. The number of aromatic nitrogens is 6. The number of amides is 11. The molecule has 4 heterocycles. The molecule has 3 aromatic heterocycles. The number of likely N-dealkylation sites (tertiary alicyclic amines) is 1. The molecule has 1 saturated heterocycles. The van der Waals surface area contributed by atoms with Crippen LogP contribution in [0.15, 0.2) is 117 Å². The summed E-state index contributed by atoms with van der Waals surface area (Å²) in [6, 6.07) is 20.9. The van der Waals surface area contributed by atoms with E-state index in [2.05, 4.69) is 141 Å². The molecule has 1 aliphatic heterocycles. The van der Waals surface area contributed by atoms with Crippen molar-refractivity contribution in [3.63, 3.8) is 0 Å². The van der Waals surface area contributed by atoms with Crippen LogP contribution in [0.5, 0.6) is 0 Å². The zero-order chi connectivity index (χ0) is 85.7. The zero-order valence-electron chi connectivity index (χ0n) is 65.4. The van der Waals surface area contributed by atoms with Gasteiger partial charge in [-0.1, -0.05) is 18.2 Å². The van der Waals surface area contributed by atoms with E-state index < -0.39 is 63.5 Å². The highest BCUT2D eigenvalue weighted by atomic mass is 79.9. The molecule has 18 N–H and O–H groups in total. The third kappa shape index (κ3) is 28.8. The molecule has 0 spiro atoms. The number of halogens is 3. The van der Waals surface area contributed by atoms with E-state index in [1.54, 1.807) is 91.4 Å². The number of methoxy groups -OCH3 is 1. The lowest BCUT2D eigenvalue weighted by Gasteiger charge is -2.20. The van der Waals surface area contributed by atoms with Gasteiger partial charge in [0.1, 0.15) is 45.3 Å². The molecular weight excluding hydrogens is 1710 g/mol. The van der Waals surface area contributed by atoms with E-state index in [1.807, 2.05) is 0 Å². The summed E-state index contributed by atoms with van der Waals surface area (Å²) in [4.78, 5) is 195. The maximum atomic E-state index is 12.7. The van der Waals surface area contributed by atoms with Gasteiger partial charge in [0.15, 0.2) is 5.78 Å². The van der Waals surface area contributed by atoms with Crippen LogP contribution < -0.4 is 81.0 Å². The third-order valence-corrected chi connectivity index (χ3v) is 20.0. The fourth-order valence-electron chi connectivity index (χ4n) is 10.9. The second-order valence-corrected chi connectivity index (χ2v) is 31.2. The molecule has 40 heteroatoms. The quantitative estimate of drug-likeness (QED) is 0.0134. The molecule has 9 rings (SSSR count). The fraction of sp³-hybridized carbons (Fsp3) is 0.403. The molecule has 3 aromatic carbocycles. The number of anilines is 12. The maximum Gasteiger partial charge on any atom is 0.235 e. The molecular formula is C77H95Br3N22O15. The van der Waals surface area contributed by atoms with Gasteiger partial charge in [0.25, 0.3) is 0 Å². The van der Waals surface area contributed by atoms with Crippen LogP contribution in [0.4, 0.5) is 69.4 Å². The van der Waals surface area contributed by atoms with E-state index in [1.165, 1.54) is 59.6 Å². The van der Waals surface area contributed by atoms with Crippen molar-refractivity contribution in [3.8, 4) is 0 Å². The number of rotatable bonds is 36. The largest absolute Gasteiger partial charge is 0.501 e. The van der Waals surface area contributed by atoms with Gasteiger partial charge < -0.3 is 85.7 Å². The SMILES string of the molecule is CC(C)(C(N)=O)C(=O)NCCCNc1nc(Nc2cccc(NC(=O)C3CC(=O)CC(=O)C3)c2)ncc1Br.CC(C)(C(N)=O)C(=O)NCCCNc1nc(Nc2cccc(NC(=O)CCC(=O)N3CCCC3=O)c2)ncc1Br.COC1=CC(=O)CC(C(=O)Nc2cccc(Nc3ncc(Br)c(NCCCNC(=O)C(C)(C)C(N)=O)n3)c2)C1. The number of carbonyl (C=O) groups excluding carboxylic acids is 14. The Hall–Kier alpha value is -11.9. The summed E-state index contributed by atoms with van der Waals surface area (Å²) in [6.07, 6.45) is 9.42. The van der Waals surface area contributed by atoms with Crippen LogP contribution in [0, 0.1) is 28.1 Å². The van der Waals surface area contributed by atoms with Crippen LogP contribution >= 0.6 is 47.8 Å². The maximum absolute atomic E-state index is 12.7. The molecule has 6 aromatic rings. The number of hydrogen-bond acceptors (Lipinski definition) is 27. The first-order valence-corrected chi connectivity index (χ1v) is 39.5. The predicted molar refractivity (Wildman–Crippen MR) is 447 cm³/mol. The Balaban J connectivity index is 0.000000243. The molecule has 1 atom stereocenters. The second kappa shape index (κ2) is 43.7. The van der Waals surface area contributed by atoms with Crippen LogP contribution in [0.25, 0.3) is 0 Å². The van der Waals surface area contributed by atoms with Gasteiger partial charge in [0.2, 0.25) is 82.8 Å². The summed E-state index contributed by atoms with van der Waals surface area (Å²) in [5.74, 6) is -3.52. The number of benzene rings is 3. The highest BCUT2D eigenvalue weighted by Crippen LogP contribution is 2.31. The van der Waals surface area contributed by atoms with Crippen molar-refractivity contribution >= 4 is 200 Å². The lowest BCUT2D eigenvalue weighted by molar-refractivity contribution is -0.143. The molecule has 2 aliphatic carbocycles. The van der Waals surface area contributed by atoms with E-state index in [-0.39, 0.29) is 85.4 Å². The van der Waals surface area contributed by atoms with Crippen LogP contribution in [0.3, 0.4) is 0 Å². The van der Waals surface area contributed by atoms with E-state index in [4.69, 9.17) is 21.9 Å². The number of ketones is 3. The summed E-state index contributed by atoms with van der Waals surface area (Å²) in [5, 5.41) is 35.3. The third-order valence-electron chi connectivity index (χ3n) is 18.3. The topological polar surface area (TPSA) is 551 Å². The number of ether oxygens (including phenoxy) is 1. The van der Waals surface area contributed by atoms with Crippen LogP contribution in [-0.4, -0.2) is 170 Å². The summed E-state index contributed by atoms with van der Waals surface area (Å²) in [5.41, 5.74) is 15.4. The van der Waals surface area contributed by atoms with Crippen molar-refractivity contribution in [1.29, 1.82) is 0 Å². The normalized spacial score (nSPS) is 14.1. The van der Waals surface area contributed by atoms with Gasteiger partial charge >= 0.3 is 0 Å². The highest BCUT2D eigenvalue weighted by molar-refractivity contribution is 9.11. The van der Waals surface area contributed by atoms with E-state index in [0.717, 1.165) is 0 Å². The van der Waals surface area contributed by atoms with Crippen LogP contribution in [-0.2, 0) is 71.9 Å². The van der Waals surface area contributed by atoms with Gasteiger partial charge in [-0.25, -0.2) is 15.0 Å². The average Bonchev–Trinajstić information content (AvgIpc) is 1.65. The Morgan fingerprint density at radius 1 is 0.487 bits per heavy atom. The van der Waals surface area contributed by atoms with Crippen LogP contribution in [0.2, 0.25) is 0 Å². The van der Waals surface area contributed by atoms with Gasteiger partial charge in [-0.3, -0.25) is 72.0 Å². The molecule has 0 bridgehead atoms. The molecule has 37 nitrogen and oxygen atoms in total. The first-order valence-electron chi connectivity index (χ1n) is 37.1. The number of imide groups is 1. The summed E-state index contributed by atoms with van der Waals surface area (Å²) >= 11 is 10.2. The Morgan fingerprint density at radius 2 is 0.846 bits per heavy atom. The monoisotopic (exact) mass is 1800 g/mol. The smallest absolute Gasteiger partial charge is 0.235 e. The van der Waals surface area contributed by atoms with E-state index in [0.29, 0.717) is 173 Å². The molecule has 2 fully saturated rings. The fourth-order valence-corrected chi connectivity index (χ4v) is 11.9. The van der Waals surface area contributed by atoms with E-state index in [9.17, 15) is 67.1 Å². The number of allylic oxidation sites excluding steroid dienone is 2. The Bertz CT molecular complexity index is 4720. The number of nitrogens with two attached hydrogens (primary N) is 3. The van der Waals surface area contributed by atoms with Gasteiger partial charge in [-0.05, 0) is 170 Å². The lowest BCUT2D eigenvalue weighted by Crippen LogP contribution is -2.46. The van der Waals surface area contributed by atoms with Crippen LogP contribution in [0.1, 0.15) is 119 Å². The van der Waals surface area contributed by atoms with Gasteiger partial charge in [-0.15, -0.1) is 0 Å². The van der Waals surface area contributed by atoms with Gasteiger partial charge in [0.05, 0.1) is 44.5 Å². The summed E-state index contributed by atoms with van der Waals surface area (Å²) < 4.78 is 7.09. The van der Waals surface area contributed by atoms with Crippen molar-refractivity contribution in [3.05, 3.63) is 117 Å². The number of Topliss-reactive ketones (excluding diaryl/α,β-unsaturated/α-hetero) is 2. The Labute approximate surface area is 699 Å². The van der Waals surface area contributed by atoms with Crippen molar-refractivity contribution in [2.75, 3.05) is 101 Å². The average molecular weight is 1810 g/mol. The molecule has 117 heavy (non-hydrogen) atoms. The minimum absolute atomic E-state index is 0.0301. The summed E-state index contributed by atoms with van der Waals surface area (Å²) in [6.45, 7) is 11.8. The van der Waals surface area contributed by atoms with Gasteiger partial charge in [-0.2, -0.15) is 15.0 Å². The first-order chi connectivity index (χ1) is 55.4. The highest BCUT2D eigenvalue weighted by Gasteiger charge is 2.37. The van der Waals surface area contributed by atoms with Crippen molar-refractivity contribution in [2.45, 2.75) is 119 Å². The number of carbonyl (C=O) groups is 14. The lowest BCUT2D eigenvalue weighted by atomic mass is 9.87. The summed E-state index contributed by atoms with van der Waals surface area (Å²) in [7, 11) is 1.48. The van der Waals surface area contributed by atoms with Crippen molar-refractivity contribution in [1.82, 2.24) is 50.8 Å². The second-order valence-electron chi connectivity index (χ2n) is 28.7. The predicted octanol–water partition coefficient (Wildman–Crippen LogP) is 7.43.